The van der Waals surface area contributed by atoms with Crippen molar-refractivity contribution in [3.05, 3.63) is 35.7 Å². The Morgan fingerprint density at radius 3 is 1.16 bits per heavy atom. The Labute approximate surface area is 238 Å². The van der Waals surface area contributed by atoms with Crippen molar-refractivity contribution < 1.29 is 0 Å². The molecule has 0 saturated carbocycles. The summed E-state index contributed by atoms with van der Waals surface area (Å²) in [4.78, 5) is 8.95. The van der Waals surface area contributed by atoms with Gasteiger partial charge in [0.05, 0.1) is 17.1 Å². The highest BCUT2D eigenvalue weighted by Crippen LogP contribution is 2.36. The number of hydrogen-bond acceptors (Lipinski definition) is 5. The van der Waals surface area contributed by atoms with Crippen molar-refractivity contribution in [2.45, 2.75) is 108 Å². The first-order valence-electron chi connectivity index (χ1n) is 14.2. The van der Waals surface area contributed by atoms with Crippen molar-refractivity contribution in [2.24, 2.45) is 0 Å². The molecule has 37 heavy (non-hydrogen) atoms. The van der Waals surface area contributed by atoms with E-state index in [1.807, 2.05) is 55.4 Å². The van der Waals surface area contributed by atoms with Gasteiger partial charge in [-0.25, -0.2) is 0 Å². The van der Waals surface area contributed by atoms with Gasteiger partial charge < -0.3 is 19.6 Å². The maximum atomic E-state index is 2.33. The summed E-state index contributed by atoms with van der Waals surface area (Å²) in [7, 11) is 12.6. The molecule has 1 heterocycles. The topological polar surface area (TPSA) is 13.0 Å². The summed E-state index contributed by atoms with van der Waals surface area (Å²) in [5, 5.41) is 3.48. The number of benzene rings is 1. The van der Waals surface area contributed by atoms with Gasteiger partial charge in [0.2, 0.25) is 0 Å². The van der Waals surface area contributed by atoms with Crippen molar-refractivity contribution in [2.75, 3.05) is 61.9 Å². The van der Waals surface area contributed by atoms with Gasteiger partial charge in [0.25, 0.3) is 0 Å². The van der Waals surface area contributed by atoms with E-state index in [2.05, 4.69) is 139 Å². The van der Waals surface area contributed by atoms with Crippen LogP contribution >= 0.6 is 11.3 Å². The maximum absolute atomic E-state index is 2.33. The van der Waals surface area contributed by atoms with E-state index in [0.29, 0.717) is 0 Å². The van der Waals surface area contributed by atoms with Crippen LogP contribution in [0.4, 0.5) is 22.1 Å². The van der Waals surface area contributed by atoms with Crippen LogP contribution in [0.2, 0.25) is 0 Å². The second kappa shape index (κ2) is 22.1. The van der Waals surface area contributed by atoms with E-state index >= 15 is 0 Å². The second-order valence-electron chi connectivity index (χ2n) is 9.85. The van der Waals surface area contributed by atoms with Crippen LogP contribution in [-0.4, -0.2) is 53.4 Å². The van der Waals surface area contributed by atoms with Crippen LogP contribution in [0, 0.1) is 0 Å². The summed E-state index contributed by atoms with van der Waals surface area (Å²) in [5.74, 6) is 0. The van der Waals surface area contributed by atoms with Crippen LogP contribution < -0.4 is 19.6 Å². The Hall–Kier alpha value is -1.88. The fourth-order valence-corrected chi connectivity index (χ4v) is 3.81. The molecule has 1 aromatic heterocycles. The molecular weight excluding hydrogens is 472 g/mol. The zero-order valence-corrected chi connectivity index (χ0v) is 29.5. The van der Waals surface area contributed by atoms with E-state index < -0.39 is 0 Å². The van der Waals surface area contributed by atoms with E-state index in [9.17, 15) is 0 Å². The standard InChI is InChI=1S/C13H22N2.C11H20N2S.4C2H6/c1-13(2,3)15(6)12-10-8-7-9-11(12)14(4)5;1-11(2,3)13(6)10-9(12(4)5)7-8-14-10;4*1-2/h7-10H,1-6H3;7-8H,1-6H3;4*1-2H3. The van der Waals surface area contributed by atoms with Gasteiger partial charge >= 0.3 is 0 Å². The number of thiophene rings is 1. The van der Waals surface area contributed by atoms with Gasteiger partial charge in [0.15, 0.2) is 0 Å². The van der Waals surface area contributed by atoms with Crippen molar-refractivity contribution in [3.8, 4) is 0 Å². The highest BCUT2D eigenvalue weighted by Gasteiger charge is 2.22. The molecular formula is C32H66N4S. The number of anilines is 4. The molecule has 0 fully saturated rings. The number of nitrogens with zero attached hydrogens (tertiary/aromatic N) is 4. The van der Waals surface area contributed by atoms with Crippen molar-refractivity contribution >= 4 is 33.4 Å². The molecule has 220 valence electrons. The summed E-state index contributed by atoms with van der Waals surface area (Å²) < 4.78 is 0. The lowest BCUT2D eigenvalue weighted by Gasteiger charge is -2.36. The highest BCUT2D eigenvalue weighted by molar-refractivity contribution is 7.14. The molecule has 0 radical (unpaired) electrons. The number of hydrogen-bond donors (Lipinski definition) is 0. The number of para-hydroxylation sites is 2. The van der Waals surface area contributed by atoms with Gasteiger partial charge in [-0.3, -0.25) is 0 Å². The Balaban J connectivity index is -0.000000232. The van der Waals surface area contributed by atoms with Crippen LogP contribution in [0.1, 0.15) is 96.9 Å². The third-order valence-corrected chi connectivity index (χ3v) is 6.13. The van der Waals surface area contributed by atoms with Crippen LogP contribution in [0.15, 0.2) is 35.7 Å². The third-order valence-electron chi connectivity index (χ3n) is 5.15. The van der Waals surface area contributed by atoms with E-state index in [1.165, 1.54) is 22.1 Å². The van der Waals surface area contributed by atoms with Gasteiger partial charge in [-0.15, -0.1) is 11.3 Å². The van der Waals surface area contributed by atoms with Gasteiger partial charge in [0, 0.05) is 53.4 Å². The molecule has 0 N–H and O–H groups in total. The Morgan fingerprint density at radius 2 is 0.838 bits per heavy atom. The largest absolute Gasteiger partial charge is 0.376 e. The monoisotopic (exact) mass is 539 g/mol. The Bertz CT molecular complexity index is 753. The first kappa shape index (κ1) is 42.2. The van der Waals surface area contributed by atoms with Crippen LogP contribution in [0.5, 0.6) is 0 Å². The van der Waals surface area contributed by atoms with Gasteiger partial charge in [-0.2, -0.15) is 0 Å². The summed E-state index contributed by atoms with van der Waals surface area (Å²) in [6, 6.07) is 10.7. The normalized spacial score (nSPS) is 9.62. The minimum Gasteiger partial charge on any atom is -0.376 e. The minimum atomic E-state index is 0.145. The summed E-state index contributed by atoms with van der Waals surface area (Å²) in [5.41, 5.74) is 4.15. The zero-order valence-electron chi connectivity index (χ0n) is 28.7. The number of rotatable bonds is 4. The van der Waals surface area contributed by atoms with E-state index in [1.54, 1.807) is 11.3 Å². The van der Waals surface area contributed by atoms with E-state index in [0.717, 1.165) is 0 Å². The van der Waals surface area contributed by atoms with Gasteiger partial charge in [0.1, 0.15) is 5.00 Å². The lowest BCUT2D eigenvalue weighted by Crippen LogP contribution is -2.38. The molecule has 0 saturated heterocycles. The third kappa shape index (κ3) is 15.9. The average molecular weight is 539 g/mol. The minimum absolute atomic E-state index is 0.145. The van der Waals surface area contributed by atoms with Crippen molar-refractivity contribution in [3.63, 3.8) is 0 Å². The molecule has 2 rings (SSSR count). The molecule has 0 bridgehead atoms. The molecule has 0 aliphatic heterocycles. The SMILES string of the molecule is CC.CC.CC.CC.CN(C)c1ccccc1N(C)C(C)(C)C.CN(C)c1ccsc1N(C)C(C)(C)C. The highest BCUT2D eigenvalue weighted by atomic mass is 32.1. The summed E-state index contributed by atoms with van der Waals surface area (Å²) in [6.45, 7) is 29.4. The fourth-order valence-electron chi connectivity index (χ4n) is 2.68. The summed E-state index contributed by atoms with van der Waals surface area (Å²) >= 11 is 1.80. The predicted molar refractivity (Wildman–Crippen MR) is 181 cm³/mol. The smallest absolute Gasteiger partial charge is 0.115 e. The van der Waals surface area contributed by atoms with Crippen LogP contribution in [0.25, 0.3) is 0 Å². The average Bonchev–Trinajstić information content (AvgIpc) is 3.37. The van der Waals surface area contributed by atoms with Crippen molar-refractivity contribution in [1.82, 2.24) is 0 Å². The van der Waals surface area contributed by atoms with Gasteiger partial charge in [-0.05, 0) is 65.1 Å². The maximum Gasteiger partial charge on any atom is 0.115 e. The lowest BCUT2D eigenvalue weighted by molar-refractivity contribution is 0.539. The lowest BCUT2D eigenvalue weighted by atomic mass is 10.1. The zero-order chi connectivity index (χ0) is 30.6. The molecule has 0 atom stereocenters. The van der Waals surface area contributed by atoms with Gasteiger partial charge in [-0.1, -0.05) is 67.5 Å². The molecule has 0 spiro atoms. The molecule has 1 aromatic carbocycles. The molecule has 2 aromatic rings. The quantitative estimate of drug-likeness (QED) is 0.384. The predicted octanol–water partition coefficient (Wildman–Crippen LogP) is 10.1. The first-order valence-corrected chi connectivity index (χ1v) is 15.0. The van der Waals surface area contributed by atoms with E-state index in [4.69, 9.17) is 0 Å². The second-order valence-corrected chi connectivity index (χ2v) is 10.7. The first-order chi connectivity index (χ1) is 17.2. The molecule has 0 aliphatic rings. The Kier molecular flexibility index (Phi) is 25.3. The Morgan fingerprint density at radius 1 is 0.486 bits per heavy atom. The molecule has 0 unspecified atom stereocenters. The summed E-state index contributed by atoms with van der Waals surface area (Å²) in [6.07, 6.45) is 0. The molecule has 0 aliphatic carbocycles. The molecule has 0 amide bonds. The molecule has 5 heteroatoms. The van der Waals surface area contributed by atoms with E-state index in [-0.39, 0.29) is 11.1 Å². The van der Waals surface area contributed by atoms with Crippen LogP contribution in [-0.2, 0) is 0 Å². The van der Waals surface area contributed by atoms with Crippen LogP contribution in [0.3, 0.4) is 0 Å². The fraction of sp³-hybridized carbons (Fsp3) is 0.688. The molecule has 4 nitrogen and oxygen atoms in total. The van der Waals surface area contributed by atoms with Crippen molar-refractivity contribution in [1.29, 1.82) is 0 Å².